The molecule has 0 spiro atoms. The minimum Gasteiger partial charge on any atom is -0.493 e. The van der Waals surface area contributed by atoms with Crippen LogP contribution in [0.5, 0.6) is 11.5 Å². The zero-order chi connectivity index (χ0) is 14.3. The average Bonchev–Trinajstić information content (AvgIpc) is 2.42. The van der Waals surface area contributed by atoms with Crippen molar-refractivity contribution < 1.29 is 18.8 Å². The lowest BCUT2D eigenvalue weighted by Gasteiger charge is -2.12. The van der Waals surface area contributed by atoms with E-state index in [2.05, 4.69) is 0 Å². The van der Waals surface area contributed by atoms with Gasteiger partial charge < -0.3 is 14.6 Å². The Morgan fingerprint density at radius 1 is 1.11 bits per heavy atom. The van der Waals surface area contributed by atoms with Crippen molar-refractivity contribution in [2.75, 3.05) is 26.6 Å². The maximum absolute atomic E-state index is 12.2. The lowest BCUT2D eigenvalue weighted by Crippen LogP contribution is -2.02. The zero-order valence-corrected chi connectivity index (χ0v) is 12.6. The third-order valence-electron chi connectivity index (χ3n) is 2.91. The molecular formula is C14H22O4S. The molecule has 0 saturated heterocycles. The summed E-state index contributed by atoms with van der Waals surface area (Å²) in [6.45, 7) is 2.12. The molecule has 108 valence electrons. The number of hydrogen-bond acceptors (Lipinski definition) is 4. The largest absolute Gasteiger partial charge is 0.493 e. The predicted octanol–water partition coefficient (Wildman–Crippen LogP) is 2.28. The number of benzene rings is 1. The van der Waals surface area contributed by atoms with Gasteiger partial charge in [-0.05, 0) is 31.4 Å². The molecule has 0 bridgehead atoms. The first-order chi connectivity index (χ1) is 9.13. The average molecular weight is 286 g/mol. The number of aliphatic hydroxyl groups is 1. The van der Waals surface area contributed by atoms with Crippen molar-refractivity contribution in [2.24, 2.45) is 0 Å². The van der Waals surface area contributed by atoms with Gasteiger partial charge in [0, 0.05) is 23.3 Å². The molecule has 0 amide bonds. The first-order valence-corrected chi connectivity index (χ1v) is 7.67. The van der Waals surface area contributed by atoms with E-state index in [4.69, 9.17) is 14.6 Å². The fourth-order valence-corrected chi connectivity index (χ4v) is 3.18. The summed E-state index contributed by atoms with van der Waals surface area (Å²) in [5, 5.41) is 8.71. The summed E-state index contributed by atoms with van der Waals surface area (Å²) in [5.41, 5.74) is 0.943. The van der Waals surface area contributed by atoms with Gasteiger partial charge in [0.25, 0.3) is 0 Å². The molecule has 1 N–H and O–H groups in total. The highest BCUT2D eigenvalue weighted by Crippen LogP contribution is 2.31. The number of hydrogen-bond donors (Lipinski definition) is 1. The normalized spacial score (nSPS) is 12.2. The van der Waals surface area contributed by atoms with Crippen LogP contribution in [0.4, 0.5) is 0 Å². The van der Waals surface area contributed by atoms with Crippen LogP contribution in [0.25, 0.3) is 0 Å². The summed E-state index contributed by atoms with van der Waals surface area (Å²) < 4.78 is 22.7. The minimum atomic E-state index is -1.04. The second-order valence-electron chi connectivity index (χ2n) is 4.31. The minimum absolute atomic E-state index is 0.196. The molecule has 0 saturated carbocycles. The van der Waals surface area contributed by atoms with Crippen molar-refractivity contribution in [3.05, 3.63) is 17.7 Å². The van der Waals surface area contributed by atoms with Crippen LogP contribution in [0.2, 0.25) is 0 Å². The highest BCUT2D eigenvalue weighted by Gasteiger charge is 2.13. The first-order valence-electron chi connectivity index (χ1n) is 6.36. The maximum Gasteiger partial charge on any atom is 0.161 e. The van der Waals surface area contributed by atoms with Crippen LogP contribution in [0.1, 0.15) is 24.8 Å². The van der Waals surface area contributed by atoms with E-state index in [0.717, 1.165) is 29.7 Å². The highest BCUT2D eigenvalue weighted by atomic mass is 32.2. The molecular weight excluding hydrogens is 264 g/mol. The molecule has 0 aliphatic carbocycles. The van der Waals surface area contributed by atoms with E-state index < -0.39 is 10.8 Å². The van der Waals surface area contributed by atoms with Crippen LogP contribution < -0.4 is 9.47 Å². The van der Waals surface area contributed by atoms with E-state index in [1.165, 1.54) is 0 Å². The Morgan fingerprint density at radius 3 is 2.32 bits per heavy atom. The molecule has 1 atom stereocenters. The summed E-state index contributed by atoms with van der Waals surface area (Å²) in [6, 6.07) is 3.64. The van der Waals surface area contributed by atoms with E-state index in [0.29, 0.717) is 17.3 Å². The van der Waals surface area contributed by atoms with Gasteiger partial charge in [-0.15, -0.1) is 0 Å². The van der Waals surface area contributed by atoms with Gasteiger partial charge in [-0.1, -0.05) is 6.42 Å². The SMILES string of the molecule is COc1cc(C)c(S(=O)CCCCCO)cc1OC. The van der Waals surface area contributed by atoms with Gasteiger partial charge in [0.05, 0.1) is 25.0 Å². The zero-order valence-electron chi connectivity index (χ0n) is 11.8. The highest BCUT2D eigenvalue weighted by molar-refractivity contribution is 7.85. The van der Waals surface area contributed by atoms with E-state index in [-0.39, 0.29) is 6.61 Å². The summed E-state index contributed by atoms with van der Waals surface area (Å²) in [6.07, 6.45) is 2.51. The molecule has 0 radical (unpaired) electrons. The molecule has 1 unspecified atom stereocenters. The van der Waals surface area contributed by atoms with Gasteiger partial charge in [0.15, 0.2) is 11.5 Å². The Bertz CT molecular complexity index is 432. The number of methoxy groups -OCH3 is 2. The van der Waals surface area contributed by atoms with E-state index in [1.54, 1.807) is 20.3 Å². The van der Waals surface area contributed by atoms with Gasteiger partial charge in [-0.25, -0.2) is 0 Å². The fraction of sp³-hybridized carbons (Fsp3) is 0.571. The molecule has 4 nitrogen and oxygen atoms in total. The number of unbranched alkanes of at least 4 members (excludes halogenated alkanes) is 2. The van der Waals surface area contributed by atoms with Crippen LogP contribution in [0.15, 0.2) is 17.0 Å². The fourth-order valence-electron chi connectivity index (χ4n) is 1.84. The van der Waals surface area contributed by atoms with E-state index in [1.807, 2.05) is 13.0 Å². The van der Waals surface area contributed by atoms with E-state index in [9.17, 15) is 4.21 Å². The van der Waals surface area contributed by atoms with Gasteiger partial charge in [-0.2, -0.15) is 0 Å². The molecule has 19 heavy (non-hydrogen) atoms. The number of ether oxygens (including phenoxy) is 2. The van der Waals surface area contributed by atoms with Crippen molar-refractivity contribution in [3.63, 3.8) is 0 Å². The molecule has 0 aliphatic heterocycles. The number of rotatable bonds is 8. The quantitative estimate of drug-likeness (QED) is 0.745. The summed E-state index contributed by atoms with van der Waals surface area (Å²) in [7, 11) is 2.12. The number of aryl methyl sites for hydroxylation is 1. The molecule has 0 fully saturated rings. The molecule has 1 aromatic rings. The predicted molar refractivity (Wildman–Crippen MR) is 76.5 cm³/mol. The van der Waals surface area contributed by atoms with Crippen molar-refractivity contribution in [3.8, 4) is 11.5 Å². The summed E-state index contributed by atoms with van der Waals surface area (Å²) in [5.74, 6) is 1.86. The topological polar surface area (TPSA) is 55.8 Å². The third kappa shape index (κ3) is 4.51. The van der Waals surface area contributed by atoms with Gasteiger partial charge >= 0.3 is 0 Å². The van der Waals surface area contributed by atoms with Crippen LogP contribution in [-0.2, 0) is 10.8 Å². The molecule has 0 heterocycles. The van der Waals surface area contributed by atoms with Crippen molar-refractivity contribution in [1.82, 2.24) is 0 Å². The van der Waals surface area contributed by atoms with Crippen LogP contribution in [-0.4, -0.2) is 35.9 Å². The van der Waals surface area contributed by atoms with Crippen LogP contribution in [0.3, 0.4) is 0 Å². The van der Waals surface area contributed by atoms with E-state index >= 15 is 0 Å². The molecule has 1 aromatic carbocycles. The summed E-state index contributed by atoms with van der Waals surface area (Å²) in [4.78, 5) is 0.793. The Morgan fingerprint density at radius 2 is 1.74 bits per heavy atom. The second-order valence-corrected chi connectivity index (χ2v) is 5.85. The Kier molecular flexibility index (Phi) is 6.87. The lowest BCUT2D eigenvalue weighted by atomic mass is 10.2. The van der Waals surface area contributed by atoms with Gasteiger partial charge in [0.2, 0.25) is 0 Å². The third-order valence-corrected chi connectivity index (χ3v) is 4.50. The summed E-state index contributed by atoms with van der Waals surface area (Å²) >= 11 is 0. The molecule has 0 aromatic heterocycles. The van der Waals surface area contributed by atoms with Gasteiger partial charge in [0.1, 0.15) is 0 Å². The van der Waals surface area contributed by atoms with Crippen LogP contribution in [0, 0.1) is 6.92 Å². The molecule has 0 aliphatic rings. The van der Waals surface area contributed by atoms with Crippen molar-refractivity contribution in [2.45, 2.75) is 31.1 Å². The Hall–Kier alpha value is -1.07. The Balaban J connectivity index is 2.79. The van der Waals surface area contributed by atoms with Crippen molar-refractivity contribution >= 4 is 10.8 Å². The maximum atomic E-state index is 12.2. The number of aliphatic hydroxyl groups excluding tert-OH is 1. The van der Waals surface area contributed by atoms with Gasteiger partial charge in [-0.3, -0.25) is 4.21 Å². The monoisotopic (exact) mass is 286 g/mol. The Labute approximate surface area is 117 Å². The second kappa shape index (κ2) is 8.17. The first kappa shape index (κ1) is 16.0. The lowest BCUT2D eigenvalue weighted by molar-refractivity contribution is 0.284. The molecule has 5 heteroatoms. The van der Waals surface area contributed by atoms with Crippen molar-refractivity contribution in [1.29, 1.82) is 0 Å². The van der Waals surface area contributed by atoms with Crippen LogP contribution >= 0.6 is 0 Å². The smallest absolute Gasteiger partial charge is 0.161 e. The molecule has 1 rings (SSSR count). The standard InChI is InChI=1S/C14H22O4S/c1-11-9-12(17-2)13(18-3)10-14(11)19(16)8-6-4-5-7-15/h9-10,15H,4-8H2,1-3H3.